The number of benzene rings is 3. The number of hydrogen-bond donors (Lipinski definition) is 1. The molecule has 0 saturated heterocycles. The Bertz CT molecular complexity index is 868. The molecule has 0 heterocycles. The van der Waals surface area contributed by atoms with Crippen LogP contribution in [0.25, 0.3) is 21.5 Å². The zero-order chi connectivity index (χ0) is 15.9. The number of aromatic hydroxyl groups is 1. The van der Waals surface area contributed by atoms with Gasteiger partial charge < -0.3 is 19.3 Å². The van der Waals surface area contributed by atoms with E-state index in [1.807, 2.05) is 31.2 Å². The van der Waals surface area contributed by atoms with Gasteiger partial charge >= 0.3 is 0 Å². The van der Waals surface area contributed by atoms with Gasteiger partial charge in [-0.1, -0.05) is 18.2 Å². The number of phenolic OH excluding ortho intramolecular Hbond substituents is 1. The van der Waals surface area contributed by atoms with Crippen LogP contribution in [0.15, 0.2) is 30.3 Å². The van der Waals surface area contributed by atoms with E-state index >= 15 is 0 Å². The van der Waals surface area contributed by atoms with Gasteiger partial charge in [0.25, 0.3) is 0 Å². The van der Waals surface area contributed by atoms with E-state index in [4.69, 9.17) is 14.2 Å². The second-order valence-corrected chi connectivity index (χ2v) is 5.10. The van der Waals surface area contributed by atoms with E-state index in [9.17, 15) is 5.11 Å². The number of aryl methyl sites for hydroxylation is 1. The van der Waals surface area contributed by atoms with E-state index in [1.54, 1.807) is 27.4 Å². The lowest BCUT2D eigenvalue weighted by Gasteiger charge is -2.18. The molecule has 0 aliphatic carbocycles. The Kier molecular flexibility index (Phi) is 3.45. The van der Waals surface area contributed by atoms with Crippen LogP contribution in [0.3, 0.4) is 0 Å². The molecule has 1 N–H and O–H groups in total. The third-order valence-corrected chi connectivity index (χ3v) is 3.97. The topological polar surface area (TPSA) is 47.9 Å². The number of phenols is 1. The molecule has 0 amide bonds. The Morgan fingerprint density at radius 1 is 0.773 bits per heavy atom. The summed E-state index contributed by atoms with van der Waals surface area (Å²) in [6, 6.07) is 9.27. The summed E-state index contributed by atoms with van der Waals surface area (Å²) in [6.07, 6.45) is 0. The second-order valence-electron chi connectivity index (χ2n) is 5.10. The quantitative estimate of drug-likeness (QED) is 0.742. The van der Waals surface area contributed by atoms with Crippen LogP contribution in [0.5, 0.6) is 23.0 Å². The maximum atomic E-state index is 10.4. The summed E-state index contributed by atoms with van der Waals surface area (Å²) in [4.78, 5) is 0. The standard InChI is InChI=1S/C18H18O4/c1-10-8-9-12(19)16-14(10)17(21-3)11-6-5-7-13(20-2)15(11)18(16)22-4/h5-9,19H,1-4H3. The van der Waals surface area contributed by atoms with Crippen LogP contribution in [0, 0.1) is 6.92 Å². The van der Waals surface area contributed by atoms with E-state index in [0.717, 1.165) is 21.7 Å². The van der Waals surface area contributed by atoms with Gasteiger partial charge in [-0.2, -0.15) is 0 Å². The molecule has 0 fully saturated rings. The fraction of sp³-hybridized carbons (Fsp3) is 0.222. The van der Waals surface area contributed by atoms with Crippen LogP contribution >= 0.6 is 0 Å². The number of hydrogen-bond acceptors (Lipinski definition) is 4. The highest BCUT2D eigenvalue weighted by molar-refractivity contribution is 6.15. The van der Waals surface area contributed by atoms with Crippen molar-refractivity contribution in [2.45, 2.75) is 6.92 Å². The smallest absolute Gasteiger partial charge is 0.142 e. The Morgan fingerprint density at radius 2 is 1.50 bits per heavy atom. The molecule has 0 spiro atoms. The fourth-order valence-electron chi connectivity index (χ4n) is 3.02. The zero-order valence-corrected chi connectivity index (χ0v) is 13.1. The molecule has 0 aromatic heterocycles. The van der Waals surface area contributed by atoms with E-state index in [1.165, 1.54) is 0 Å². The molecule has 4 heteroatoms. The molecule has 3 aromatic carbocycles. The largest absolute Gasteiger partial charge is 0.507 e. The lowest BCUT2D eigenvalue weighted by molar-refractivity contribution is 0.403. The first kappa shape index (κ1) is 14.3. The van der Waals surface area contributed by atoms with Crippen LogP contribution in [0.4, 0.5) is 0 Å². The van der Waals surface area contributed by atoms with Gasteiger partial charge in [0.15, 0.2) is 0 Å². The monoisotopic (exact) mass is 298 g/mol. The normalized spacial score (nSPS) is 10.9. The van der Waals surface area contributed by atoms with Gasteiger partial charge in [-0.25, -0.2) is 0 Å². The Morgan fingerprint density at radius 3 is 2.14 bits per heavy atom. The second kappa shape index (κ2) is 5.30. The summed E-state index contributed by atoms with van der Waals surface area (Å²) >= 11 is 0. The lowest BCUT2D eigenvalue weighted by atomic mass is 9.96. The summed E-state index contributed by atoms with van der Waals surface area (Å²) in [5.41, 5.74) is 1.01. The predicted molar refractivity (Wildman–Crippen MR) is 87.5 cm³/mol. The van der Waals surface area contributed by atoms with Crippen molar-refractivity contribution >= 4 is 21.5 Å². The third-order valence-electron chi connectivity index (χ3n) is 3.97. The minimum absolute atomic E-state index is 0.156. The van der Waals surface area contributed by atoms with Gasteiger partial charge in [0.1, 0.15) is 23.0 Å². The molecular formula is C18H18O4. The Hall–Kier alpha value is -2.62. The highest BCUT2D eigenvalue weighted by atomic mass is 16.5. The average molecular weight is 298 g/mol. The van der Waals surface area contributed by atoms with Crippen molar-refractivity contribution in [1.29, 1.82) is 0 Å². The van der Waals surface area contributed by atoms with Crippen molar-refractivity contribution in [3.05, 3.63) is 35.9 Å². The molecule has 4 nitrogen and oxygen atoms in total. The average Bonchev–Trinajstić information content (AvgIpc) is 2.55. The van der Waals surface area contributed by atoms with E-state index in [2.05, 4.69) is 0 Å². The van der Waals surface area contributed by atoms with Crippen molar-refractivity contribution in [3.63, 3.8) is 0 Å². The molecule has 0 aliphatic heterocycles. The van der Waals surface area contributed by atoms with Gasteiger partial charge in [0.05, 0.1) is 32.1 Å². The molecule has 3 rings (SSSR count). The summed E-state index contributed by atoms with van der Waals surface area (Å²) in [7, 11) is 4.83. The minimum Gasteiger partial charge on any atom is -0.507 e. The summed E-state index contributed by atoms with van der Waals surface area (Å²) in [5, 5.41) is 13.5. The molecule has 0 bridgehead atoms. The van der Waals surface area contributed by atoms with Crippen LogP contribution in [0.1, 0.15) is 5.56 Å². The summed E-state index contributed by atoms with van der Waals surface area (Å²) in [6.45, 7) is 1.98. The SMILES string of the molecule is COc1cccc2c(OC)c3c(C)ccc(O)c3c(OC)c12. The van der Waals surface area contributed by atoms with Gasteiger partial charge in [-0.3, -0.25) is 0 Å². The molecule has 0 atom stereocenters. The van der Waals surface area contributed by atoms with Gasteiger partial charge in [0.2, 0.25) is 0 Å². The maximum absolute atomic E-state index is 10.4. The molecule has 3 aromatic rings. The number of ether oxygens (including phenoxy) is 3. The summed E-state index contributed by atoms with van der Waals surface area (Å²) in [5.74, 6) is 2.13. The first-order valence-electron chi connectivity index (χ1n) is 6.97. The van der Waals surface area contributed by atoms with Gasteiger partial charge in [0, 0.05) is 10.8 Å². The van der Waals surface area contributed by atoms with Crippen molar-refractivity contribution in [1.82, 2.24) is 0 Å². The number of methoxy groups -OCH3 is 3. The number of rotatable bonds is 3. The lowest BCUT2D eigenvalue weighted by Crippen LogP contribution is -1.96. The van der Waals surface area contributed by atoms with E-state index in [0.29, 0.717) is 22.6 Å². The molecular weight excluding hydrogens is 280 g/mol. The van der Waals surface area contributed by atoms with E-state index < -0.39 is 0 Å². The van der Waals surface area contributed by atoms with Crippen LogP contribution in [-0.2, 0) is 0 Å². The predicted octanol–water partition coefficient (Wildman–Crippen LogP) is 4.03. The third kappa shape index (κ3) is 1.84. The minimum atomic E-state index is 0.156. The Balaban J connectivity index is 2.71. The highest BCUT2D eigenvalue weighted by Gasteiger charge is 2.21. The van der Waals surface area contributed by atoms with Gasteiger partial charge in [-0.15, -0.1) is 0 Å². The van der Waals surface area contributed by atoms with Crippen molar-refractivity contribution in [2.75, 3.05) is 21.3 Å². The first-order chi connectivity index (χ1) is 10.6. The maximum Gasteiger partial charge on any atom is 0.142 e. The Labute approximate surface area is 128 Å². The molecule has 114 valence electrons. The highest BCUT2D eigenvalue weighted by Crippen LogP contribution is 2.49. The van der Waals surface area contributed by atoms with Crippen LogP contribution in [-0.4, -0.2) is 26.4 Å². The number of fused-ring (bicyclic) bond motifs is 2. The van der Waals surface area contributed by atoms with Crippen molar-refractivity contribution in [3.8, 4) is 23.0 Å². The van der Waals surface area contributed by atoms with Crippen molar-refractivity contribution < 1.29 is 19.3 Å². The molecule has 22 heavy (non-hydrogen) atoms. The molecule has 0 aliphatic rings. The zero-order valence-electron chi connectivity index (χ0n) is 13.1. The molecule has 0 unspecified atom stereocenters. The molecule has 0 saturated carbocycles. The van der Waals surface area contributed by atoms with Crippen LogP contribution in [0.2, 0.25) is 0 Å². The van der Waals surface area contributed by atoms with Crippen molar-refractivity contribution in [2.24, 2.45) is 0 Å². The fourth-order valence-corrected chi connectivity index (χ4v) is 3.02. The van der Waals surface area contributed by atoms with E-state index in [-0.39, 0.29) is 5.75 Å². The van der Waals surface area contributed by atoms with Crippen LogP contribution < -0.4 is 14.2 Å². The molecule has 0 radical (unpaired) electrons. The first-order valence-corrected chi connectivity index (χ1v) is 6.97. The summed E-state index contributed by atoms with van der Waals surface area (Å²) < 4.78 is 16.7. The van der Waals surface area contributed by atoms with Gasteiger partial charge in [-0.05, 0) is 24.6 Å².